The number of aromatic hydroxyl groups is 1. The molecule has 1 N–H and O–H groups in total. The van der Waals surface area contributed by atoms with Crippen molar-refractivity contribution >= 4 is 0 Å². The molecule has 2 aromatic carbocycles. The Morgan fingerprint density at radius 3 is 1.72 bits per heavy atom. The molecule has 0 aliphatic heterocycles. The highest BCUT2D eigenvalue weighted by atomic mass is 16.5. The first-order chi connectivity index (χ1) is 8.49. The van der Waals surface area contributed by atoms with Gasteiger partial charge in [-0.2, -0.15) is 0 Å². The van der Waals surface area contributed by atoms with Crippen molar-refractivity contribution < 1.29 is 9.84 Å². The summed E-state index contributed by atoms with van der Waals surface area (Å²) in [5.41, 5.74) is 4.11. The minimum Gasteiger partial charge on any atom is -0.508 e. The molecule has 94 valence electrons. The molecule has 0 saturated heterocycles. The summed E-state index contributed by atoms with van der Waals surface area (Å²) in [5, 5.41) is 9.54. The number of phenols is 1. The van der Waals surface area contributed by atoms with Crippen LogP contribution in [0.1, 0.15) is 22.3 Å². The van der Waals surface area contributed by atoms with Gasteiger partial charge in [-0.1, -0.05) is 18.2 Å². The fourth-order valence-electron chi connectivity index (χ4n) is 2.15. The molecule has 2 nitrogen and oxygen atoms in total. The lowest BCUT2D eigenvalue weighted by Crippen LogP contribution is -1.95. The average Bonchev–Trinajstić information content (AvgIpc) is 2.26. The normalized spacial score (nSPS) is 10.4. The van der Waals surface area contributed by atoms with Crippen LogP contribution in [0.3, 0.4) is 0 Å². The molecular formula is C16H18O2. The molecule has 0 heterocycles. The molecule has 0 amide bonds. The van der Waals surface area contributed by atoms with Crippen LogP contribution in [0.2, 0.25) is 0 Å². The second kappa shape index (κ2) is 4.73. The molecule has 0 aromatic heterocycles. The van der Waals surface area contributed by atoms with Gasteiger partial charge in [0.1, 0.15) is 17.2 Å². The lowest BCUT2D eigenvalue weighted by molar-refractivity contribution is 0.455. The third-order valence-electron chi connectivity index (χ3n) is 3.06. The van der Waals surface area contributed by atoms with E-state index in [4.69, 9.17) is 4.74 Å². The van der Waals surface area contributed by atoms with Crippen LogP contribution in [-0.4, -0.2) is 5.11 Å². The van der Waals surface area contributed by atoms with Crippen molar-refractivity contribution in [1.29, 1.82) is 0 Å². The maximum absolute atomic E-state index is 9.54. The predicted octanol–water partition coefficient (Wildman–Crippen LogP) is 4.42. The van der Waals surface area contributed by atoms with Gasteiger partial charge in [-0.3, -0.25) is 0 Å². The van der Waals surface area contributed by atoms with Gasteiger partial charge in [0.05, 0.1) is 0 Å². The molecule has 18 heavy (non-hydrogen) atoms. The molecule has 0 radical (unpaired) electrons. The van der Waals surface area contributed by atoms with Crippen molar-refractivity contribution in [3.05, 3.63) is 52.6 Å². The summed E-state index contributed by atoms with van der Waals surface area (Å²) < 4.78 is 6.05. The standard InChI is InChI=1S/C16H18O2/c1-10-6-5-7-11(2)15(10)18-16-12(3)8-14(17)9-13(16)4/h5-9,17H,1-4H3. The fraction of sp³-hybridized carbons (Fsp3) is 0.250. The molecule has 2 rings (SSSR count). The van der Waals surface area contributed by atoms with Crippen LogP contribution in [0.15, 0.2) is 30.3 Å². The van der Waals surface area contributed by atoms with E-state index in [0.29, 0.717) is 0 Å². The van der Waals surface area contributed by atoms with Gasteiger partial charge in [0, 0.05) is 0 Å². The van der Waals surface area contributed by atoms with Crippen molar-refractivity contribution in [2.45, 2.75) is 27.7 Å². The van der Waals surface area contributed by atoms with Crippen LogP contribution in [0, 0.1) is 27.7 Å². The van der Waals surface area contributed by atoms with E-state index in [1.54, 1.807) is 12.1 Å². The van der Waals surface area contributed by atoms with Gasteiger partial charge in [-0.05, 0) is 62.1 Å². The predicted molar refractivity (Wildman–Crippen MR) is 73.6 cm³/mol. The van der Waals surface area contributed by atoms with E-state index in [-0.39, 0.29) is 5.75 Å². The van der Waals surface area contributed by atoms with Crippen molar-refractivity contribution in [2.24, 2.45) is 0 Å². The summed E-state index contributed by atoms with van der Waals surface area (Å²) in [5.74, 6) is 2.00. The van der Waals surface area contributed by atoms with Gasteiger partial charge in [0.15, 0.2) is 0 Å². The molecule has 0 unspecified atom stereocenters. The van der Waals surface area contributed by atoms with Gasteiger partial charge in [0.25, 0.3) is 0 Å². The Labute approximate surface area is 108 Å². The molecule has 0 aliphatic rings. The van der Waals surface area contributed by atoms with Crippen molar-refractivity contribution in [1.82, 2.24) is 0 Å². The largest absolute Gasteiger partial charge is 0.508 e. The Hall–Kier alpha value is -1.96. The van der Waals surface area contributed by atoms with Gasteiger partial charge in [-0.25, -0.2) is 0 Å². The van der Waals surface area contributed by atoms with Crippen LogP contribution in [0.4, 0.5) is 0 Å². The van der Waals surface area contributed by atoms with Crippen LogP contribution in [0.25, 0.3) is 0 Å². The highest BCUT2D eigenvalue weighted by Gasteiger charge is 2.10. The second-order valence-electron chi connectivity index (χ2n) is 4.73. The number of hydrogen-bond acceptors (Lipinski definition) is 2. The van der Waals surface area contributed by atoms with E-state index in [0.717, 1.165) is 33.8 Å². The Balaban J connectivity index is 2.47. The molecule has 0 saturated carbocycles. The number of ether oxygens (including phenoxy) is 1. The molecule has 0 spiro atoms. The fourth-order valence-corrected chi connectivity index (χ4v) is 2.15. The molecule has 0 aliphatic carbocycles. The third-order valence-corrected chi connectivity index (χ3v) is 3.06. The summed E-state index contributed by atoms with van der Waals surface area (Å²) in [6, 6.07) is 9.53. The SMILES string of the molecule is Cc1cccc(C)c1Oc1c(C)cc(O)cc1C. The zero-order valence-corrected chi connectivity index (χ0v) is 11.2. The Bertz CT molecular complexity index is 542. The molecule has 0 bridgehead atoms. The van der Waals surface area contributed by atoms with Gasteiger partial charge >= 0.3 is 0 Å². The molecular weight excluding hydrogens is 224 g/mol. The first-order valence-corrected chi connectivity index (χ1v) is 6.03. The van der Waals surface area contributed by atoms with E-state index >= 15 is 0 Å². The Morgan fingerprint density at radius 1 is 0.778 bits per heavy atom. The zero-order valence-electron chi connectivity index (χ0n) is 11.2. The van der Waals surface area contributed by atoms with Crippen molar-refractivity contribution in [3.8, 4) is 17.2 Å². The number of rotatable bonds is 2. The zero-order chi connectivity index (χ0) is 13.3. The topological polar surface area (TPSA) is 29.5 Å². The highest BCUT2D eigenvalue weighted by molar-refractivity contribution is 5.50. The van der Waals surface area contributed by atoms with Crippen molar-refractivity contribution in [3.63, 3.8) is 0 Å². The molecule has 2 aromatic rings. The third kappa shape index (κ3) is 2.33. The molecule has 2 heteroatoms. The van der Waals surface area contributed by atoms with Crippen LogP contribution >= 0.6 is 0 Å². The first kappa shape index (κ1) is 12.5. The van der Waals surface area contributed by atoms with Gasteiger partial charge in [-0.15, -0.1) is 0 Å². The first-order valence-electron chi connectivity index (χ1n) is 6.03. The number of benzene rings is 2. The summed E-state index contributed by atoms with van der Waals surface area (Å²) in [6.45, 7) is 7.95. The van der Waals surface area contributed by atoms with Crippen LogP contribution in [0.5, 0.6) is 17.2 Å². The lowest BCUT2D eigenvalue weighted by Gasteiger charge is -2.15. The summed E-state index contributed by atoms with van der Waals surface area (Å²) >= 11 is 0. The van der Waals surface area contributed by atoms with E-state index in [9.17, 15) is 5.11 Å². The number of para-hydroxylation sites is 1. The maximum atomic E-state index is 9.54. The van der Waals surface area contributed by atoms with E-state index in [2.05, 4.69) is 0 Å². The van der Waals surface area contributed by atoms with Crippen LogP contribution < -0.4 is 4.74 Å². The number of phenolic OH excluding ortho intramolecular Hbond substituents is 1. The summed E-state index contributed by atoms with van der Waals surface area (Å²) in [7, 11) is 0. The van der Waals surface area contributed by atoms with Crippen molar-refractivity contribution in [2.75, 3.05) is 0 Å². The number of hydrogen-bond donors (Lipinski definition) is 1. The average molecular weight is 242 g/mol. The molecule has 0 fully saturated rings. The quantitative estimate of drug-likeness (QED) is 0.844. The smallest absolute Gasteiger partial charge is 0.133 e. The molecule has 0 atom stereocenters. The summed E-state index contributed by atoms with van der Waals surface area (Å²) in [6.07, 6.45) is 0. The Morgan fingerprint density at radius 2 is 1.22 bits per heavy atom. The minimum atomic E-state index is 0.277. The maximum Gasteiger partial charge on any atom is 0.133 e. The highest BCUT2D eigenvalue weighted by Crippen LogP contribution is 2.34. The number of aryl methyl sites for hydroxylation is 4. The van der Waals surface area contributed by atoms with E-state index < -0.39 is 0 Å². The van der Waals surface area contributed by atoms with Crippen LogP contribution in [-0.2, 0) is 0 Å². The Kier molecular flexibility index (Phi) is 3.28. The minimum absolute atomic E-state index is 0.277. The lowest BCUT2D eigenvalue weighted by atomic mass is 10.1. The van der Waals surface area contributed by atoms with E-state index in [1.807, 2.05) is 45.9 Å². The van der Waals surface area contributed by atoms with Gasteiger partial charge < -0.3 is 9.84 Å². The summed E-state index contributed by atoms with van der Waals surface area (Å²) in [4.78, 5) is 0. The second-order valence-corrected chi connectivity index (χ2v) is 4.73. The van der Waals surface area contributed by atoms with Gasteiger partial charge in [0.2, 0.25) is 0 Å². The monoisotopic (exact) mass is 242 g/mol. The van der Waals surface area contributed by atoms with E-state index in [1.165, 1.54) is 0 Å².